The Morgan fingerprint density at radius 1 is 1.33 bits per heavy atom. The van der Waals surface area contributed by atoms with Gasteiger partial charge in [-0.2, -0.15) is 0 Å². The standard InChI is InChI=1S/C16H25FN2O2/c1-5-8-18-10-12-9-13(17)6-7-14(12)21-11-15(20)19-16(2,3)4/h6-7,9,18H,5,8,10-11H2,1-4H3,(H,19,20). The van der Waals surface area contributed by atoms with Crippen molar-refractivity contribution in [3.63, 3.8) is 0 Å². The fraction of sp³-hybridized carbons (Fsp3) is 0.562. The van der Waals surface area contributed by atoms with Crippen LogP contribution in [0.1, 0.15) is 39.7 Å². The fourth-order valence-electron chi connectivity index (χ4n) is 1.82. The second kappa shape index (κ2) is 7.98. The number of benzene rings is 1. The minimum atomic E-state index is -0.310. The normalized spacial score (nSPS) is 11.3. The van der Waals surface area contributed by atoms with Gasteiger partial charge in [0, 0.05) is 17.6 Å². The molecule has 5 heteroatoms. The number of hydrogen-bond donors (Lipinski definition) is 2. The predicted octanol–water partition coefficient (Wildman–Crippen LogP) is 2.62. The van der Waals surface area contributed by atoms with Gasteiger partial charge in [-0.3, -0.25) is 4.79 Å². The molecule has 0 heterocycles. The average Bonchev–Trinajstić information content (AvgIpc) is 2.36. The van der Waals surface area contributed by atoms with Crippen LogP contribution in [0.3, 0.4) is 0 Å². The second-order valence-electron chi connectivity index (χ2n) is 6.02. The van der Waals surface area contributed by atoms with Gasteiger partial charge in [-0.25, -0.2) is 4.39 Å². The second-order valence-corrected chi connectivity index (χ2v) is 6.02. The Hall–Kier alpha value is -1.62. The summed E-state index contributed by atoms with van der Waals surface area (Å²) in [7, 11) is 0. The number of carbonyl (C=O) groups is 1. The molecule has 0 bridgehead atoms. The lowest BCUT2D eigenvalue weighted by atomic mass is 10.1. The highest BCUT2D eigenvalue weighted by Crippen LogP contribution is 2.19. The first kappa shape index (κ1) is 17.4. The van der Waals surface area contributed by atoms with E-state index < -0.39 is 0 Å². The molecule has 0 aliphatic heterocycles. The zero-order chi connectivity index (χ0) is 15.9. The maximum absolute atomic E-state index is 13.3. The lowest BCUT2D eigenvalue weighted by Gasteiger charge is -2.21. The van der Waals surface area contributed by atoms with Gasteiger partial charge in [0.25, 0.3) is 5.91 Å². The molecule has 0 fully saturated rings. The van der Waals surface area contributed by atoms with Gasteiger partial charge < -0.3 is 15.4 Å². The summed E-state index contributed by atoms with van der Waals surface area (Å²) in [6, 6.07) is 4.32. The number of nitrogens with one attached hydrogen (secondary N) is 2. The van der Waals surface area contributed by atoms with Crippen molar-refractivity contribution in [1.82, 2.24) is 10.6 Å². The van der Waals surface area contributed by atoms with Crippen LogP contribution in [0.25, 0.3) is 0 Å². The molecule has 4 nitrogen and oxygen atoms in total. The van der Waals surface area contributed by atoms with Gasteiger partial charge in [0.15, 0.2) is 6.61 Å². The summed E-state index contributed by atoms with van der Waals surface area (Å²) >= 11 is 0. The summed E-state index contributed by atoms with van der Waals surface area (Å²) < 4.78 is 18.8. The Balaban J connectivity index is 2.63. The van der Waals surface area contributed by atoms with E-state index >= 15 is 0 Å². The monoisotopic (exact) mass is 296 g/mol. The third-order valence-electron chi connectivity index (χ3n) is 2.64. The number of amides is 1. The van der Waals surface area contributed by atoms with E-state index in [0.717, 1.165) is 13.0 Å². The molecule has 1 aromatic rings. The van der Waals surface area contributed by atoms with Crippen molar-refractivity contribution in [2.75, 3.05) is 13.2 Å². The molecule has 118 valence electrons. The molecular weight excluding hydrogens is 271 g/mol. The van der Waals surface area contributed by atoms with Crippen LogP contribution in [0.15, 0.2) is 18.2 Å². The molecule has 0 aromatic heterocycles. The van der Waals surface area contributed by atoms with Crippen LogP contribution in [0.5, 0.6) is 5.75 Å². The molecule has 0 unspecified atom stereocenters. The first-order chi connectivity index (χ1) is 9.81. The lowest BCUT2D eigenvalue weighted by molar-refractivity contribution is -0.124. The molecular formula is C16H25FN2O2. The SMILES string of the molecule is CCCNCc1cc(F)ccc1OCC(=O)NC(C)(C)C. The summed E-state index contributed by atoms with van der Waals surface area (Å²) in [6.07, 6.45) is 0.999. The smallest absolute Gasteiger partial charge is 0.258 e. The molecule has 0 saturated heterocycles. The predicted molar refractivity (Wildman–Crippen MR) is 81.8 cm³/mol. The van der Waals surface area contributed by atoms with Crippen molar-refractivity contribution in [3.05, 3.63) is 29.6 Å². The van der Waals surface area contributed by atoms with E-state index in [0.29, 0.717) is 17.9 Å². The van der Waals surface area contributed by atoms with E-state index in [9.17, 15) is 9.18 Å². The van der Waals surface area contributed by atoms with Crippen molar-refractivity contribution < 1.29 is 13.9 Å². The molecule has 0 saturated carbocycles. The Morgan fingerprint density at radius 2 is 2.05 bits per heavy atom. The van der Waals surface area contributed by atoms with Crippen molar-refractivity contribution in [2.45, 2.75) is 46.2 Å². The third kappa shape index (κ3) is 7.09. The number of hydrogen-bond acceptors (Lipinski definition) is 3. The van der Waals surface area contributed by atoms with E-state index in [-0.39, 0.29) is 23.9 Å². The van der Waals surface area contributed by atoms with Gasteiger partial charge in [-0.1, -0.05) is 6.92 Å². The fourth-order valence-corrected chi connectivity index (χ4v) is 1.82. The first-order valence-corrected chi connectivity index (χ1v) is 7.25. The van der Waals surface area contributed by atoms with Gasteiger partial charge >= 0.3 is 0 Å². The molecule has 21 heavy (non-hydrogen) atoms. The zero-order valence-corrected chi connectivity index (χ0v) is 13.3. The minimum absolute atomic E-state index is 0.0797. The topological polar surface area (TPSA) is 50.4 Å². The Labute approximate surface area is 126 Å². The Morgan fingerprint density at radius 3 is 2.67 bits per heavy atom. The van der Waals surface area contributed by atoms with Crippen LogP contribution < -0.4 is 15.4 Å². The molecule has 2 N–H and O–H groups in total. The molecule has 1 rings (SSSR count). The number of ether oxygens (including phenoxy) is 1. The van der Waals surface area contributed by atoms with Crippen LogP contribution >= 0.6 is 0 Å². The molecule has 0 aliphatic carbocycles. The molecule has 0 spiro atoms. The summed E-state index contributed by atoms with van der Waals surface area (Å²) in [5.41, 5.74) is 0.418. The minimum Gasteiger partial charge on any atom is -0.483 e. The summed E-state index contributed by atoms with van der Waals surface area (Å²) in [6.45, 7) is 9.06. The van der Waals surface area contributed by atoms with E-state index in [2.05, 4.69) is 17.6 Å². The highest BCUT2D eigenvalue weighted by molar-refractivity contribution is 5.78. The van der Waals surface area contributed by atoms with Gasteiger partial charge in [0.05, 0.1) is 0 Å². The third-order valence-corrected chi connectivity index (χ3v) is 2.64. The average molecular weight is 296 g/mol. The van der Waals surface area contributed by atoms with Gasteiger partial charge in [0.1, 0.15) is 11.6 Å². The Kier molecular flexibility index (Phi) is 6.62. The first-order valence-electron chi connectivity index (χ1n) is 7.25. The maximum atomic E-state index is 13.3. The lowest BCUT2D eigenvalue weighted by Crippen LogP contribution is -2.43. The van der Waals surface area contributed by atoms with Gasteiger partial charge in [-0.15, -0.1) is 0 Å². The van der Waals surface area contributed by atoms with Crippen LogP contribution in [-0.2, 0) is 11.3 Å². The molecule has 1 amide bonds. The summed E-state index contributed by atoms with van der Waals surface area (Å²) in [5, 5.41) is 6.02. The number of carbonyl (C=O) groups excluding carboxylic acids is 1. The largest absolute Gasteiger partial charge is 0.483 e. The highest BCUT2D eigenvalue weighted by Gasteiger charge is 2.14. The van der Waals surface area contributed by atoms with Crippen LogP contribution in [0.2, 0.25) is 0 Å². The van der Waals surface area contributed by atoms with E-state index in [4.69, 9.17) is 4.74 Å². The van der Waals surface area contributed by atoms with Crippen molar-refractivity contribution in [2.24, 2.45) is 0 Å². The number of halogens is 1. The quantitative estimate of drug-likeness (QED) is 0.761. The van der Waals surface area contributed by atoms with Crippen LogP contribution in [-0.4, -0.2) is 24.6 Å². The van der Waals surface area contributed by atoms with Crippen molar-refractivity contribution >= 4 is 5.91 Å². The van der Waals surface area contributed by atoms with Gasteiger partial charge in [-0.05, 0) is 51.9 Å². The van der Waals surface area contributed by atoms with E-state index in [1.54, 1.807) is 6.07 Å². The molecule has 1 aromatic carbocycles. The van der Waals surface area contributed by atoms with Crippen LogP contribution in [0.4, 0.5) is 4.39 Å². The highest BCUT2D eigenvalue weighted by atomic mass is 19.1. The summed E-state index contributed by atoms with van der Waals surface area (Å²) in [4.78, 5) is 11.7. The van der Waals surface area contributed by atoms with Gasteiger partial charge in [0.2, 0.25) is 0 Å². The maximum Gasteiger partial charge on any atom is 0.258 e. The van der Waals surface area contributed by atoms with E-state index in [1.807, 2.05) is 20.8 Å². The zero-order valence-electron chi connectivity index (χ0n) is 13.3. The van der Waals surface area contributed by atoms with Crippen LogP contribution in [0, 0.1) is 5.82 Å². The van der Waals surface area contributed by atoms with Crippen molar-refractivity contribution in [3.8, 4) is 5.75 Å². The molecule has 0 radical (unpaired) electrons. The Bertz CT molecular complexity index is 470. The molecule has 0 aliphatic rings. The molecule has 0 atom stereocenters. The summed E-state index contributed by atoms with van der Waals surface area (Å²) in [5.74, 6) is 0.0261. The van der Waals surface area contributed by atoms with Crippen molar-refractivity contribution in [1.29, 1.82) is 0 Å². The number of rotatable bonds is 7. The van der Waals surface area contributed by atoms with E-state index in [1.165, 1.54) is 12.1 Å².